The quantitative estimate of drug-likeness (QED) is 0.0627. The molecule has 0 bridgehead atoms. The highest BCUT2D eigenvalue weighted by molar-refractivity contribution is 6.41. The molecule has 0 saturated carbocycles. The molecular formula is C33H26Cl6N6O5. The van der Waals surface area contributed by atoms with Crippen molar-refractivity contribution in [2.45, 2.75) is 13.5 Å². The van der Waals surface area contributed by atoms with Crippen LogP contribution in [0.3, 0.4) is 0 Å². The first kappa shape index (κ1) is 38.7. The lowest BCUT2D eigenvalue weighted by Gasteiger charge is -2.07. The number of oxime groups is 2. The van der Waals surface area contributed by atoms with Crippen LogP contribution in [0.2, 0.25) is 30.1 Å². The summed E-state index contributed by atoms with van der Waals surface area (Å²) in [6.07, 6.45) is 2.57. The van der Waals surface area contributed by atoms with Crippen LogP contribution in [0.25, 0.3) is 32.7 Å². The topological polar surface area (TPSA) is 166 Å². The van der Waals surface area contributed by atoms with E-state index in [1.807, 2.05) is 19.1 Å². The zero-order chi connectivity index (χ0) is 36.5. The SMILES string of the molecule is CCNCc1ccc2c(Cl)cc(Cl)c(O)c2n1.CO/N=C/c1ccc2c(Cl)cc(Cl)c(O)c2n1.O/N=C/c1ccc2c(Cl)cc(Cl)c(O)c2n1. The van der Waals surface area contributed by atoms with Crippen molar-refractivity contribution in [2.75, 3.05) is 13.7 Å². The summed E-state index contributed by atoms with van der Waals surface area (Å²) >= 11 is 35.4. The number of nitrogens with one attached hydrogen (secondary N) is 1. The van der Waals surface area contributed by atoms with E-state index in [1.54, 1.807) is 24.3 Å². The van der Waals surface area contributed by atoms with Gasteiger partial charge in [0.25, 0.3) is 0 Å². The van der Waals surface area contributed by atoms with Crippen molar-refractivity contribution in [2.24, 2.45) is 10.3 Å². The third-order valence-electron chi connectivity index (χ3n) is 6.71. The number of aromatic hydroxyl groups is 3. The van der Waals surface area contributed by atoms with E-state index in [1.165, 1.54) is 31.5 Å². The summed E-state index contributed by atoms with van der Waals surface area (Å²) in [6, 6.07) is 14.9. The minimum Gasteiger partial charge on any atom is -0.504 e. The van der Waals surface area contributed by atoms with Crippen LogP contribution in [0.15, 0.2) is 64.9 Å². The highest BCUT2D eigenvalue weighted by Crippen LogP contribution is 2.38. The van der Waals surface area contributed by atoms with Crippen molar-refractivity contribution < 1.29 is 25.4 Å². The molecule has 6 aromatic rings. The molecule has 5 N–H and O–H groups in total. The van der Waals surface area contributed by atoms with Gasteiger partial charge in [-0.2, -0.15) is 0 Å². The van der Waals surface area contributed by atoms with Crippen molar-refractivity contribution in [3.8, 4) is 17.2 Å². The van der Waals surface area contributed by atoms with Crippen molar-refractivity contribution in [1.29, 1.82) is 0 Å². The summed E-state index contributed by atoms with van der Waals surface area (Å²) in [5.74, 6) is -0.266. The number of hydrogen-bond acceptors (Lipinski definition) is 11. The first-order valence-electron chi connectivity index (χ1n) is 14.3. The highest BCUT2D eigenvalue weighted by Gasteiger charge is 2.13. The van der Waals surface area contributed by atoms with Gasteiger partial charge < -0.3 is 30.7 Å². The minimum atomic E-state index is -0.144. The molecule has 0 spiro atoms. The average Bonchev–Trinajstić information content (AvgIpc) is 3.10. The van der Waals surface area contributed by atoms with E-state index >= 15 is 0 Å². The summed E-state index contributed by atoms with van der Waals surface area (Å²) in [5, 5.41) is 51.1. The molecule has 0 atom stereocenters. The Morgan fingerprint density at radius 3 is 1.48 bits per heavy atom. The number of nitrogens with zero attached hydrogens (tertiary/aromatic N) is 5. The van der Waals surface area contributed by atoms with E-state index in [9.17, 15) is 15.3 Å². The maximum Gasteiger partial charge on any atom is 0.160 e. The minimum absolute atomic E-state index is 0.0237. The number of aromatic nitrogens is 3. The Morgan fingerprint density at radius 2 is 1.06 bits per heavy atom. The molecule has 3 aromatic carbocycles. The fourth-order valence-electron chi connectivity index (χ4n) is 4.34. The van der Waals surface area contributed by atoms with Crippen LogP contribution < -0.4 is 5.32 Å². The van der Waals surface area contributed by atoms with Gasteiger partial charge in [0.15, 0.2) is 17.2 Å². The van der Waals surface area contributed by atoms with Crippen LogP contribution in [-0.2, 0) is 11.4 Å². The van der Waals surface area contributed by atoms with Crippen molar-refractivity contribution >= 4 is 115 Å². The van der Waals surface area contributed by atoms with Crippen molar-refractivity contribution in [3.63, 3.8) is 0 Å². The first-order valence-corrected chi connectivity index (χ1v) is 16.5. The Kier molecular flexibility index (Phi) is 13.7. The normalized spacial score (nSPS) is 11.2. The lowest BCUT2D eigenvalue weighted by molar-refractivity contribution is 0.215. The third kappa shape index (κ3) is 9.18. The Labute approximate surface area is 315 Å². The number of rotatable bonds is 6. The maximum atomic E-state index is 9.86. The van der Waals surface area contributed by atoms with Gasteiger partial charge in [-0.3, -0.25) is 0 Å². The molecule has 0 fully saturated rings. The Balaban J connectivity index is 0.000000169. The molecule has 260 valence electrons. The van der Waals surface area contributed by atoms with Crippen LogP contribution in [0, 0.1) is 0 Å². The smallest absolute Gasteiger partial charge is 0.160 e. The number of phenols is 3. The average molecular weight is 799 g/mol. The Morgan fingerprint density at radius 1 is 0.640 bits per heavy atom. The lowest BCUT2D eigenvalue weighted by Crippen LogP contribution is -2.12. The summed E-state index contributed by atoms with van der Waals surface area (Å²) in [6.45, 7) is 3.53. The van der Waals surface area contributed by atoms with E-state index in [2.05, 4.69) is 35.4 Å². The molecule has 3 aromatic heterocycles. The predicted molar refractivity (Wildman–Crippen MR) is 202 cm³/mol. The molecule has 0 radical (unpaired) electrons. The zero-order valence-corrected chi connectivity index (χ0v) is 30.5. The molecule has 3 heterocycles. The fourth-order valence-corrected chi connectivity index (χ4v) is 5.89. The first-order chi connectivity index (χ1) is 23.9. The molecule has 0 saturated heterocycles. The zero-order valence-electron chi connectivity index (χ0n) is 26.0. The largest absolute Gasteiger partial charge is 0.504 e. The number of benzene rings is 3. The monoisotopic (exact) mass is 796 g/mol. The van der Waals surface area contributed by atoms with Crippen LogP contribution in [0.4, 0.5) is 0 Å². The van der Waals surface area contributed by atoms with E-state index in [-0.39, 0.29) is 37.8 Å². The van der Waals surface area contributed by atoms with Gasteiger partial charge in [0, 0.05) is 22.7 Å². The summed E-state index contributed by atoms with van der Waals surface area (Å²) in [4.78, 5) is 17.1. The molecular weight excluding hydrogens is 773 g/mol. The van der Waals surface area contributed by atoms with Gasteiger partial charge in [-0.05, 0) is 61.1 Å². The highest BCUT2D eigenvalue weighted by atomic mass is 35.5. The molecule has 0 unspecified atom stereocenters. The molecule has 50 heavy (non-hydrogen) atoms. The molecule has 11 nitrogen and oxygen atoms in total. The number of halogens is 6. The van der Waals surface area contributed by atoms with Crippen LogP contribution in [0.1, 0.15) is 24.0 Å². The fraction of sp³-hybridized carbons (Fsp3) is 0.121. The molecule has 0 aliphatic heterocycles. The van der Waals surface area contributed by atoms with E-state index in [4.69, 9.17) is 74.8 Å². The van der Waals surface area contributed by atoms with E-state index in [0.717, 1.165) is 18.5 Å². The van der Waals surface area contributed by atoms with Gasteiger partial charge in [0.05, 0.1) is 59.6 Å². The summed E-state index contributed by atoms with van der Waals surface area (Å²) in [5.41, 5.74) is 2.82. The van der Waals surface area contributed by atoms with Gasteiger partial charge in [-0.25, -0.2) is 15.0 Å². The molecule has 0 amide bonds. The van der Waals surface area contributed by atoms with Gasteiger partial charge in [-0.15, -0.1) is 0 Å². The second kappa shape index (κ2) is 17.7. The Hall–Kier alpha value is -4.07. The standard InChI is InChI=1S/C12H12Cl2N2O.C11H8Cl2N2O2.C10H6Cl2N2O2/c1-2-15-6-7-3-4-8-9(13)5-10(14)12(17)11(8)16-7;1-17-14-5-6-2-3-7-8(12)4-9(13)11(16)10(7)15-6;11-7-3-8(12)10(15)9-6(7)2-1-5(14-9)4-13-16/h3-5,15,17H,2,6H2,1H3;2-5,16H,1H3;1-4,15-16H/b;14-5+;13-4+. The van der Waals surface area contributed by atoms with E-state index in [0.29, 0.717) is 60.2 Å². The van der Waals surface area contributed by atoms with Crippen LogP contribution in [-0.4, -0.2) is 61.6 Å². The molecule has 0 aliphatic carbocycles. The summed E-state index contributed by atoms with van der Waals surface area (Å²) < 4.78 is 0. The number of phenolic OH excluding ortho intramolecular Hbond substituents is 3. The van der Waals surface area contributed by atoms with Gasteiger partial charge >= 0.3 is 0 Å². The van der Waals surface area contributed by atoms with E-state index < -0.39 is 0 Å². The van der Waals surface area contributed by atoms with Crippen LogP contribution in [0.5, 0.6) is 17.2 Å². The second-order valence-electron chi connectivity index (χ2n) is 9.97. The molecule has 0 aliphatic rings. The summed E-state index contributed by atoms with van der Waals surface area (Å²) in [7, 11) is 1.43. The second-order valence-corrected chi connectivity index (χ2v) is 12.4. The number of pyridine rings is 3. The Bertz CT molecular complexity index is 2240. The maximum absolute atomic E-state index is 9.86. The van der Waals surface area contributed by atoms with Crippen molar-refractivity contribution in [3.05, 3.63) is 102 Å². The van der Waals surface area contributed by atoms with Gasteiger partial charge in [0.2, 0.25) is 0 Å². The number of fused-ring (bicyclic) bond motifs is 3. The molecule has 6 rings (SSSR count). The predicted octanol–water partition coefficient (Wildman–Crippen LogP) is 9.64. The van der Waals surface area contributed by atoms with Gasteiger partial charge in [-0.1, -0.05) is 86.8 Å². The molecule has 17 heteroatoms. The van der Waals surface area contributed by atoms with Crippen LogP contribution >= 0.6 is 69.6 Å². The lowest BCUT2D eigenvalue weighted by atomic mass is 10.2. The van der Waals surface area contributed by atoms with Gasteiger partial charge in [0.1, 0.15) is 23.7 Å². The number of hydrogen-bond donors (Lipinski definition) is 5. The van der Waals surface area contributed by atoms with Crippen molar-refractivity contribution in [1.82, 2.24) is 20.3 Å². The third-order valence-corrected chi connectivity index (χ3v) is 8.51.